The molecule has 0 aliphatic rings. The molecule has 1 N–H and O–H groups in total. The molecular weight excluding hydrogens is 254 g/mol. The smallest absolute Gasteiger partial charge is 0.249 e. The van der Waals surface area contributed by atoms with Gasteiger partial charge in [-0.05, 0) is 25.5 Å². The molecule has 0 saturated carbocycles. The van der Waals surface area contributed by atoms with E-state index in [1.54, 1.807) is 7.11 Å². The van der Waals surface area contributed by atoms with Crippen molar-refractivity contribution in [3.8, 4) is 0 Å². The van der Waals surface area contributed by atoms with Gasteiger partial charge in [-0.15, -0.1) is 10.2 Å². The molecule has 2 unspecified atom stereocenters. The Morgan fingerprint density at radius 3 is 2.55 bits per heavy atom. The molecule has 2 atom stereocenters. The maximum Gasteiger partial charge on any atom is 0.249 e. The van der Waals surface area contributed by atoms with Crippen molar-refractivity contribution in [2.45, 2.75) is 32.4 Å². The first kappa shape index (κ1) is 14.7. The summed E-state index contributed by atoms with van der Waals surface area (Å²) in [5, 5.41) is 11.5. The van der Waals surface area contributed by atoms with Crippen LogP contribution in [0, 0.1) is 0 Å². The van der Waals surface area contributed by atoms with Crippen LogP contribution in [0.3, 0.4) is 0 Å². The van der Waals surface area contributed by atoms with Crippen molar-refractivity contribution in [3.05, 3.63) is 47.7 Å². The minimum Gasteiger partial charge on any atom is -0.420 e. The lowest BCUT2D eigenvalue weighted by Gasteiger charge is -2.11. The van der Waals surface area contributed by atoms with E-state index in [0.717, 1.165) is 18.5 Å². The van der Waals surface area contributed by atoms with E-state index in [-0.39, 0.29) is 12.1 Å². The molecule has 0 aliphatic heterocycles. The maximum absolute atomic E-state index is 5.74. The van der Waals surface area contributed by atoms with E-state index in [1.165, 1.54) is 0 Å². The van der Waals surface area contributed by atoms with Crippen LogP contribution >= 0.6 is 0 Å². The summed E-state index contributed by atoms with van der Waals surface area (Å²) in [5.74, 6) is 1.07. The molecule has 5 heteroatoms. The largest absolute Gasteiger partial charge is 0.420 e. The van der Waals surface area contributed by atoms with Gasteiger partial charge in [0.2, 0.25) is 11.8 Å². The molecule has 0 amide bonds. The average Bonchev–Trinajstić information content (AvgIpc) is 2.96. The van der Waals surface area contributed by atoms with Crippen LogP contribution in [0.15, 0.2) is 34.7 Å². The molecule has 0 spiro atoms. The number of aromatic nitrogens is 2. The van der Waals surface area contributed by atoms with Crippen molar-refractivity contribution in [1.82, 2.24) is 15.5 Å². The number of nitrogens with one attached hydrogen (secondary N) is 1. The molecule has 0 fully saturated rings. The van der Waals surface area contributed by atoms with Crippen LogP contribution in [0.5, 0.6) is 0 Å². The van der Waals surface area contributed by atoms with Gasteiger partial charge in [-0.25, -0.2) is 0 Å². The number of methoxy groups -OCH3 is 1. The fourth-order valence-corrected chi connectivity index (χ4v) is 1.98. The highest BCUT2D eigenvalue weighted by atomic mass is 16.5. The highest BCUT2D eigenvalue weighted by molar-refractivity contribution is 5.21. The van der Waals surface area contributed by atoms with E-state index in [1.807, 2.05) is 37.3 Å². The molecule has 1 aromatic carbocycles. The zero-order valence-electron chi connectivity index (χ0n) is 12.2. The van der Waals surface area contributed by atoms with Gasteiger partial charge in [0.25, 0.3) is 0 Å². The second-order valence-corrected chi connectivity index (χ2v) is 4.68. The van der Waals surface area contributed by atoms with Crippen molar-refractivity contribution in [3.63, 3.8) is 0 Å². The van der Waals surface area contributed by atoms with Crippen LogP contribution in [0.2, 0.25) is 0 Å². The maximum atomic E-state index is 5.74. The van der Waals surface area contributed by atoms with Gasteiger partial charge in [0.1, 0.15) is 0 Å². The topological polar surface area (TPSA) is 60.2 Å². The zero-order valence-corrected chi connectivity index (χ0v) is 12.2. The third kappa shape index (κ3) is 3.43. The predicted octanol–water partition coefficient (Wildman–Crippen LogP) is 2.87. The normalized spacial score (nSPS) is 14.2. The van der Waals surface area contributed by atoms with Gasteiger partial charge < -0.3 is 14.5 Å². The molecule has 0 aliphatic carbocycles. The highest BCUT2D eigenvalue weighted by Gasteiger charge is 2.21. The third-order valence-electron chi connectivity index (χ3n) is 3.09. The van der Waals surface area contributed by atoms with Crippen molar-refractivity contribution < 1.29 is 9.15 Å². The Kier molecular flexibility index (Phi) is 5.26. The number of ether oxygens (including phenoxy) is 1. The van der Waals surface area contributed by atoms with Crippen LogP contribution in [-0.2, 0) is 4.74 Å². The van der Waals surface area contributed by atoms with E-state index in [0.29, 0.717) is 11.8 Å². The monoisotopic (exact) mass is 275 g/mol. The second-order valence-electron chi connectivity index (χ2n) is 4.68. The highest BCUT2D eigenvalue weighted by Crippen LogP contribution is 2.25. The summed E-state index contributed by atoms with van der Waals surface area (Å²) in [6.07, 6.45) is 0.742. The third-order valence-corrected chi connectivity index (χ3v) is 3.09. The van der Waals surface area contributed by atoms with Crippen LogP contribution in [0.25, 0.3) is 0 Å². The summed E-state index contributed by atoms with van der Waals surface area (Å²) in [7, 11) is 1.64. The molecule has 20 heavy (non-hydrogen) atoms. The molecule has 1 heterocycles. The van der Waals surface area contributed by atoms with E-state index in [2.05, 4.69) is 22.4 Å². The first-order chi connectivity index (χ1) is 9.76. The lowest BCUT2D eigenvalue weighted by Crippen LogP contribution is -2.19. The van der Waals surface area contributed by atoms with Gasteiger partial charge in [-0.3, -0.25) is 0 Å². The van der Waals surface area contributed by atoms with Gasteiger partial charge in [0, 0.05) is 7.11 Å². The van der Waals surface area contributed by atoms with Crippen LogP contribution in [-0.4, -0.2) is 23.9 Å². The summed E-state index contributed by atoms with van der Waals surface area (Å²) in [5.41, 5.74) is 0.999. The van der Waals surface area contributed by atoms with E-state index in [9.17, 15) is 0 Å². The van der Waals surface area contributed by atoms with E-state index >= 15 is 0 Å². The molecule has 0 saturated heterocycles. The molecule has 108 valence electrons. The second kappa shape index (κ2) is 7.17. The standard InChI is InChI=1S/C15H21N3O2/c1-4-10-16-11(2)14-17-18-15(20-14)13(19-3)12-8-6-5-7-9-12/h5-9,11,13,16H,4,10H2,1-3H3. The summed E-state index contributed by atoms with van der Waals surface area (Å²) in [6.45, 7) is 5.05. The molecule has 0 bridgehead atoms. The van der Waals surface area contributed by atoms with Crippen LogP contribution in [0.4, 0.5) is 0 Å². The predicted molar refractivity (Wildman–Crippen MR) is 76.3 cm³/mol. The van der Waals surface area contributed by atoms with Gasteiger partial charge in [-0.1, -0.05) is 37.3 Å². The summed E-state index contributed by atoms with van der Waals surface area (Å²) in [4.78, 5) is 0. The quantitative estimate of drug-likeness (QED) is 0.842. The Hall–Kier alpha value is -1.72. The Labute approximate surface area is 119 Å². The van der Waals surface area contributed by atoms with Crippen molar-refractivity contribution in [2.75, 3.05) is 13.7 Å². The first-order valence-electron chi connectivity index (χ1n) is 6.90. The number of rotatable bonds is 7. The van der Waals surface area contributed by atoms with Crippen molar-refractivity contribution in [2.24, 2.45) is 0 Å². The lowest BCUT2D eigenvalue weighted by atomic mass is 10.1. The van der Waals surface area contributed by atoms with Gasteiger partial charge in [0.15, 0.2) is 6.10 Å². The van der Waals surface area contributed by atoms with Gasteiger partial charge in [0.05, 0.1) is 6.04 Å². The molecule has 0 radical (unpaired) electrons. The van der Waals surface area contributed by atoms with Crippen LogP contribution in [0.1, 0.15) is 49.8 Å². The summed E-state index contributed by atoms with van der Waals surface area (Å²) in [6, 6.07) is 9.90. The summed E-state index contributed by atoms with van der Waals surface area (Å²) < 4.78 is 11.2. The van der Waals surface area contributed by atoms with Gasteiger partial charge >= 0.3 is 0 Å². The molecular formula is C15H21N3O2. The number of nitrogens with zero attached hydrogens (tertiary/aromatic N) is 2. The average molecular weight is 275 g/mol. The van der Waals surface area contributed by atoms with Crippen molar-refractivity contribution >= 4 is 0 Å². The summed E-state index contributed by atoms with van der Waals surface area (Å²) >= 11 is 0. The Bertz CT molecular complexity index is 513. The first-order valence-corrected chi connectivity index (χ1v) is 6.90. The fraction of sp³-hybridized carbons (Fsp3) is 0.467. The minimum atomic E-state index is -0.323. The number of benzene rings is 1. The van der Waals surface area contributed by atoms with E-state index in [4.69, 9.17) is 9.15 Å². The number of hydrogen-bond donors (Lipinski definition) is 1. The molecule has 1 aromatic heterocycles. The molecule has 2 aromatic rings. The Morgan fingerprint density at radius 2 is 1.90 bits per heavy atom. The SMILES string of the molecule is CCCNC(C)c1nnc(C(OC)c2ccccc2)o1. The van der Waals surface area contributed by atoms with Crippen LogP contribution < -0.4 is 5.32 Å². The van der Waals surface area contributed by atoms with Crippen molar-refractivity contribution in [1.29, 1.82) is 0 Å². The Balaban J connectivity index is 2.14. The van der Waals surface area contributed by atoms with E-state index < -0.39 is 0 Å². The zero-order chi connectivity index (χ0) is 14.4. The molecule has 2 rings (SSSR count). The number of hydrogen-bond acceptors (Lipinski definition) is 5. The fourth-order valence-electron chi connectivity index (χ4n) is 1.98. The Morgan fingerprint density at radius 1 is 1.20 bits per heavy atom. The lowest BCUT2D eigenvalue weighted by molar-refractivity contribution is 0.109. The molecule has 5 nitrogen and oxygen atoms in total. The van der Waals surface area contributed by atoms with Gasteiger partial charge in [-0.2, -0.15) is 0 Å². The minimum absolute atomic E-state index is 0.0458.